The average molecular weight is 252 g/mol. The molecule has 0 aromatic heterocycles. The first-order valence-corrected chi connectivity index (χ1v) is 7.39. The summed E-state index contributed by atoms with van der Waals surface area (Å²) in [6.45, 7) is 6.52. The molecule has 0 bridgehead atoms. The maximum Gasteiger partial charge on any atom is 0.309 e. The highest BCUT2D eigenvalue weighted by Gasteiger charge is 2.62. The molecule has 0 amide bonds. The van der Waals surface area contributed by atoms with Gasteiger partial charge in [-0.1, -0.05) is 33.1 Å². The number of epoxide rings is 1. The lowest BCUT2D eigenvalue weighted by Crippen LogP contribution is -2.30. The van der Waals surface area contributed by atoms with Crippen LogP contribution < -0.4 is 0 Å². The van der Waals surface area contributed by atoms with Gasteiger partial charge in [-0.25, -0.2) is 0 Å². The predicted molar refractivity (Wildman–Crippen MR) is 68.1 cm³/mol. The molecule has 102 valence electrons. The van der Waals surface area contributed by atoms with Gasteiger partial charge in [-0.3, -0.25) is 4.79 Å². The molecule has 3 rings (SSSR count). The molecule has 0 radical (unpaired) electrons. The number of ether oxygens (including phenoxy) is 2. The van der Waals surface area contributed by atoms with Crippen molar-refractivity contribution in [2.45, 2.75) is 70.7 Å². The van der Waals surface area contributed by atoms with E-state index in [0.29, 0.717) is 5.92 Å². The van der Waals surface area contributed by atoms with E-state index >= 15 is 0 Å². The Hall–Kier alpha value is -0.570. The third kappa shape index (κ3) is 1.97. The summed E-state index contributed by atoms with van der Waals surface area (Å²) in [5.74, 6) is 1.15. The summed E-state index contributed by atoms with van der Waals surface area (Å²) < 4.78 is 11.5. The minimum atomic E-state index is -0.0235. The monoisotopic (exact) mass is 252 g/mol. The Morgan fingerprint density at radius 2 is 2.00 bits per heavy atom. The maximum absolute atomic E-state index is 11.8. The van der Waals surface area contributed by atoms with Gasteiger partial charge in [0.2, 0.25) is 0 Å². The Morgan fingerprint density at radius 3 is 2.78 bits per heavy atom. The molecule has 1 aliphatic carbocycles. The van der Waals surface area contributed by atoms with E-state index in [0.717, 1.165) is 18.8 Å². The normalized spacial score (nSPS) is 52.2. The second kappa shape index (κ2) is 4.22. The second-order valence-corrected chi connectivity index (χ2v) is 6.78. The standard InChI is InChI=1S/C15H24O3/c1-9-5-4-8-15(3)13(18-15)12-11(7-6-9)10(2)14(16)17-12/h9-13H,4-8H2,1-3H3/t9-,10-,11-,12-,13-,15+/m0/s1. The molecule has 3 aliphatic rings. The highest BCUT2D eigenvalue weighted by atomic mass is 16.6. The molecule has 0 aromatic carbocycles. The van der Waals surface area contributed by atoms with E-state index in [2.05, 4.69) is 13.8 Å². The largest absolute Gasteiger partial charge is 0.459 e. The highest BCUT2D eigenvalue weighted by molar-refractivity contribution is 5.75. The van der Waals surface area contributed by atoms with Crippen LogP contribution in [0.15, 0.2) is 0 Å². The summed E-state index contributed by atoms with van der Waals surface area (Å²) in [7, 11) is 0. The Morgan fingerprint density at radius 1 is 1.22 bits per heavy atom. The van der Waals surface area contributed by atoms with E-state index < -0.39 is 0 Å². The summed E-state index contributed by atoms with van der Waals surface area (Å²) in [6.07, 6.45) is 6.12. The van der Waals surface area contributed by atoms with Gasteiger partial charge in [-0.05, 0) is 25.7 Å². The Bertz CT molecular complexity index is 354. The van der Waals surface area contributed by atoms with Gasteiger partial charge >= 0.3 is 5.97 Å². The fourth-order valence-corrected chi connectivity index (χ4v) is 3.78. The van der Waals surface area contributed by atoms with Gasteiger partial charge in [0, 0.05) is 5.92 Å². The molecule has 3 fully saturated rings. The predicted octanol–water partition coefficient (Wildman–Crippen LogP) is 2.92. The van der Waals surface area contributed by atoms with Gasteiger partial charge in [0.1, 0.15) is 12.2 Å². The third-order valence-electron chi connectivity index (χ3n) is 5.29. The molecular weight excluding hydrogens is 228 g/mol. The van der Waals surface area contributed by atoms with Crippen LogP contribution in [0.3, 0.4) is 0 Å². The average Bonchev–Trinajstić information content (AvgIpc) is 2.90. The second-order valence-electron chi connectivity index (χ2n) is 6.78. The quantitative estimate of drug-likeness (QED) is 0.491. The zero-order valence-corrected chi connectivity index (χ0v) is 11.6. The number of esters is 1. The van der Waals surface area contributed by atoms with Crippen molar-refractivity contribution in [3.63, 3.8) is 0 Å². The lowest BCUT2D eigenvalue weighted by molar-refractivity contribution is -0.144. The summed E-state index contributed by atoms with van der Waals surface area (Å²) in [5, 5.41) is 0. The zero-order chi connectivity index (χ0) is 12.9. The SMILES string of the molecule is C[C@H]1CCC[C@@]2(C)O[C@H]2[C@H]2OC(=O)[C@@H](C)[C@@H]2CC1. The first-order valence-electron chi connectivity index (χ1n) is 7.39. The molecule has 0 aromatic rings. The molecule has 3 heteroatoms. The van der Waals surface area contributed by atoms with Crippen molar-refractivity contribution >= 4 is 5.97 Å². The Kier molecular flexibility index (Phi) is 2.92. The topological polar surface area (TPSA) is 38.8 Å². The van der Waals surface area contributed by atoms with Crippen molar-refractivity contribution in [1.82, 2.24) is 0 Å². The number of carbonyl (C=O) groups is 1. The summed E-state index contributed by atoms with van der Waals surface area (Å²) in [6, 6.07) is 0. The van der Waals surface area contributed by atoms with Crippen molar-refractivity contribution in [1.29, 1.82) is 0 Å². The van der Waals surface area contributed by atoms with Gasteiger partial charge in [0.25, 0.3) is 0 Å². The van der Waals surface area contributed by atoms with E-state index in [9.17, 15) is 4.79 Å². The molecule has 0 spiro atoms. The minimum absolute atomic E-state index is 0.0165. The number of hydrogen-bond donors (Lipinski definition) is 0. The van der Waals surface area contributed by atoms with Crippen molar-refractivity contribution in [3.8, 4) is 0 Å². The fraction of sp³-hybridized carbons (Fsp3) is 0.933. The molecule has 18 heavy (non-hydrogen) atoms. The summed E-state index contributed by atoms with van der Waals surface area (Å²) >= 11 is 0. The molecule has 3 nitrogen and oxygen atoms in total. The van der Waals surface area contributed by atoms with Gasteiger partial charge in [0.05, 0.1) is 11.5 Å². The summed E-state index contributed by atoms with van der Waals surface area (Å²) in [5.41, 5.74) is -0.0235. The van der Waals surface area contributed by atoms with E-state index in [1.807, 2.05) is 6.92 Å². The van der Waals surface area contributed by atoms with Crippen molar-refractivity contribution in [2.75, 3.05) is 0 Å². The first kappa shape index (κ1) is 12.5. The molecule has 0 N–H and O–H groups in total. The molecule has 6 atom stereocenters. The molecule has 1 saturated carbocycles. The van der Waals surface area contributed by atoms with Gasteiger partial charge in [-0.15, -0.1) is 0 Å². The van der Waals surface area contributed by atoms with Crippen LogP contribution in [-0.4, -0.2) is 23.8 Å². The van der Waals surface area contributed by atoms with Gasteiger partial charge < -0.3 is 9.47 Å². The highest BCUT2D eigenvalue weighted by Crippen LogP contribution is 2.50. The van der Waals surface area contributed by atoms with Crippen molar-refractivity contribution in [2.24, 2.45) is 17.8 Å². The van der Waals surface area contributed by atoms with Crippen LogP contribution in [0.4, 0.5) is 0 Å². The van der Waals surface area contributed by atoms with Gasteiger partial charge in [0.15, 0.2) is 0 Å². The summed E-state index contributed by atoms with van der Waals surface area (Å²) in [4.78, 5) is 11.8. The van der Waals surface area contributed by atoms with E-state index in [1.165, 1.54) is 19.3 Å². The Balaban J connectivity index is 1.80. The molecule has 2 aliphatic heterocycles. The van der Waals surface area contributed by atoms with Gasteiger partial charge in [-0.2, -0.15) is 0 Å². The Labute approximate surface area is 109 Å². The molecular formula is C15H24O3. The number of fused-ring (bicyclic) bond motifs is 3. The fourth-order valence-electron chi connectivity index (χ4n) is 3.78. The first-order chi connectivity index (χ1) is 8.51. The third-order valence-corrected chi connectivity index (χ3v) is 5.29. The molecule has 0 unspecified atom stereocenters. The van der Waals surface area contributed by atoms with E-state index in [-0.39, 0.29) is 29.7 Å². The number of hydrogen-bond acceptors (Lipinski definition) is 3. The number of carbonyl (C=O) groups excluding carboxylic acids is 1. The van der Waals surface area contributed by atoms with Crippen molar-refractivity contribution < 1.29 is 14.3 Å². The lowest BCUT2D eigenvalue weighted by atomic mass is 9.79. The minimum Gasteiger partial charge on any atom is -0.459 e. The van der Waals surface area contributed by atoms with Crippen LogP contribution in [0.1, 0.15) is 52.9 Å². The van der Waals surface area contributed by atoms with Crippen LogP contribution in [-0.2, 0) is 14.3 Å². The maximum atomic E-state index is 11.8. The molecule has 2 heterocycles. The van der Waals surface area contributed by atoms with Crippen LogP contribution in [0.2, 0.25) is 0 Å². The molecule has 2 saturated heterocycles. The van der Waals surface area contributed by atoms with Crippen LogP contribution in [0.5, 0.6) is 0 Å². The van der Waals surface area contributed by atoms with Crippen LogP contribution >= 0.6 is 0 Å². The zero-order valence-electron chi connectivity index (χ0n) is 11.6. The van der Waals surface area contributed by atoms with Crippen molar-refractivity contribution in [3.05, 3.63) is 0 Å². The van der Waals surface area contributed by atoms with E-state index in [4.69, 9.17) is 9.47 Å². The smallest absolute Gasteiger partial charge is 0.309 e. The van der Waals surface area contributed by atoms with E-state index in [1.54, 1.807) is 0 Å². The van der Waals surface area contributed by atoms with Crippen LogP contribution in [0, 0.1) is 17.8 Å². The number of rotatable bonds is 0. The lowest BCUT2D eigenvalue weighted by Gasteiger charge is -2.23. The van der Waals surface area contributed by atoms with Crippen LogP contribution in [0.25, 0.3) is 0 Å².